The van der Waals surface area contributed by atoms with Crippen LogP contribution in [0.5, 0.6) is 0 Å². The summed E-state index contributed by atoms with van der Waals surface area (Å²) < 4.78 is 5.54. The Morgan fingerprint density at radius 3 is 2.79 bits per heavy atom. The number of likely N-dealkylation sites (tertiary alicyclic amines) is 2. The lowest BCUT2D eigenvalue weighted by atomic mass is 10.1. The Kier molecular flexibility index (Phi) is 5.36. The number of methoxy groups -OCH3 is 1. The van der Waals surface area contributed by atoms with Crippen LogP contribution in [0.2, 0.25) is 0 Å². The van der Waals surface area contributed by atoms with Gasteiger partial charge in [0.1, 0.15) is 5.69 Å². The van der Waals surface area contributed by atoms with Gasteiger partial charge in [-0.25, -0.2) is 0 Å². The van der Waals surface area contributed by atoms with Gasteiger partial charge in [-0.2, -0.15) is 0 Å². The van der Waals surface area contributed by atoms with Crippen molar-refractivity contribution >= 4 is 11.6 Å². The molecular weight excluding hydrogens is 304 g/mol. The first-order chi connectivity index (χ1) is 11.6. The van der Waals surface area contributed by atoms with E-state index in [9.17, 15) is 4.79 Å². The fourth-order valence-electron chi connectivity index (χ4n) is 3.69. The normalized spacial score (nSPS) is 24.5. The third-order valence-corrected chi connectivity index (χ3v) is 5.12. The van der Waals surface area contributed by atoms with Gasteiger partial charge in [-0.1, -0.05) is 0 Å². The van der Waals surface area contributed by atoms with E-state index in [1.807, 2.05) is 36.0 Å². The summed E-state index contributed by atoms with van der Waals surface area (Å²) in [5, 5.41) is 0. The van der Waals surface area contributed by atoms with E-state index in [1.54, 1.807) is 13.3 Å². The molecule has 2 fully saturated rings. The van der Waals surface area contributed by atoms with E-state index >= 15 is 0 Å². The monoisotopic (exact) mass is 332 g/mol. The molecule has 132 valence electrons. The van der Waals surface area contributed by atoms with Gasteiger partial charge in [-0.15, -0.1) is 0 Å². The van der Waals surface area contributed by atoms with Crippen molar-refractivity contribution in [2.24, 2.45) is 0 Å². The van der Waals surface area contributed by atoms with Crippen molar-refractivity contribution in [3.05, 3.63) is 24.0 Å². The van der Waals surface area contributed by atoms with Gasteiger partial charge in [-0.3, -0.25) is 9.78 Å². The average Bonchev–Trinajstić information content (AvgIpc) is 3.24. The smallest absolute Gasteiger partial charge is 0.272 e. The molecule has 0 aliphatic carbocycles. The molecule has 3 heterocycles. The summed E-state index contributed by atoms with van der Waals surface area (Å²) in [6.45, 7) is 3.88. The van der Waals surface area contributed by atoms with Crippen LogP contribution in [0.1, 0.15) is 29.8 Å². The lowest BCUT2D eigenvalue weighted by Crippen LogP contribution is -2.43. The predicted octanol–water partition coefficient (Wildman–Crippen LogP) is 1.47. The van der Waals surface area contributed by atoms with Gasteiger partial charge in [0.05, 0.1) is 6.10 Å². The molecule has 0 saturated carbocycles. The largest absolute Gasteiger partial charge is 0.380 e. The van der Waals surface area contributed by atoms with Gasteiger partial charge < -0.3 is 19.4 Å². The van der Waals surface area contributed by atoms with Crippen molar-refractivity contribution < 1.29 is 9.53 Å². The second kappa shape index (κ2) is 7.49. The Balaban J connectivity index is 1.76. The minimum absolute atomic E-state index is 0.0162. The number of nitrogens with zero attached hydrogens (tertiary/aromatic N) is 4. The molecule has 24 heavy (non-hydrogen) atoms. The van der Waals surface area contributed by atoms with Gasteiger partial charge >= 0.3 is 0 Å². The van der Waals surface area contributed by atoms with Gasteiger partial charge in [-0.05, 0) is 44.5 Å². The molecule has 3 rings (SSSR count). The second-order valence-corrected chi connectivity index (χ2v) is 7.01. The summed E-state index contributed by atoms with van der Waals surface area (Å²) in [6.07, 6.45) is 5.27. The molecule has 6 nitrogen and oxygen atoms in total. The molecule has 0 radical (unpaired) electrons. The third kappa shape index (κ3) is 3.70. The molecule has 0 spiro atoms. The first kappa shape index (κ1) is 17.2. The molecule has 2 aliphatic heterocycles. The van der Waals surface area contributed by atoms with Crippen LogP contribution in [0.25, 0.3) is 0 Å². The highest BCUT2D eigenvalue weighted by Crippen LogP contribution is 2.25. The zero-order valence-electron chi connectivity index (χ0n) is 14.9. The molecule has 6 heteroatoms. The van der Waals surface area contributed by atoms with E-state index < -0.39 is 0 Å². The number of hydrogen-bond acceptors (Lipinski definition) is 5. The van der Waals surface area contributed by atoms with Crippen LogP contribution in [0.15, 0.2) is 18.3 Å². The predicted molar refractivity (Wildman–Crippen MR) is 94.5 cm³/mol. The Morgan fingerprint density at radius 1 is 1.38 bits per heavy atom. The Labute approximate surface area is 144 Å². The number of aromatic nitrogens is 1. The van der Waals surface area contributed by atoms with Crippen molar-refractivity contribution in [3.8, 4) is 0 Å². The van der Waals surface area contributed by atoms with Gasteiger partial charge in [0.25, 0.3) is 5.91 Å². The second-order valence-electron chi connectivity index (χ2n) is 7.01. The molecule has 1 amide bonds. The number of carbonyl (C=O) groups is 1. The average molecular weight is 332 g/mol. The van der Waals surface area contributed by atoms with Crippen LogP contribution in [-0.2, 0) is 4.74 Å². The minimum atomic E-state index is 0.0162. The van der Waals surface area contributed by atoms with E-state index in [1.165, 1.54) is 12.8 Å². The maximum atomic E-state index is 13.0. The minimum Gasteiger partial charge on any atom is -0.380 e. The molecule has 1 aromatic heterocycles. The molecule has 2 aliphatic rings. The zero-order valence-corrected chi connectivity index (χ0v) is 14.9. The topological polar surface area (TPSA) is 48.9 Å². The Hall–Kier alpha value is -1.66. The number of pyridine rings is 1. The van der Waals surface area contributed by atoms with Gasteiger partial charge in [0, 0.05) is 52.2 Å². The van der Waals surface area contributed by atoms with E-state index in [0.717, 1.165) is 31.7 Å². The molecule has 0 aromatic carbocycles. The molecular formula is C18H28N4O2. The number of hydrogen-bond donors (Lipinski definition) is 0. The first-order valence-electron chi connectivity index (χ1n) is 8.78. The number of rotatable bonds is 5. The van der Waals surface area contributed by atoms with E-state index in [4.69, 9.17) is 4.74 Å². The summed E-state index contributed by atoms with van der Waals surface area (Å²) >= 11 is 0. The van der Waals surface area contributed by atoms with Crippen molar-refractivity contribution in [3.63, 3.8) is 0 Å². The van der Waals surface area contributed by atoms with E-state index in [0.29, 0.717) is 12.2 Å². The lowest BCUT2D eigenvalue weighted by molar-refractivity contribution is 0.0664. The van der Waals surface area contributed by atoms with Crippen molar-refractivity contribution in [2.75, 3.05) is 52.3 Å². The number of anilines is 1. The summed E-state index contributed by atoms with van der Waals surface area (Å²) in [5.41, 5.74) is 1.51. The van der Waals surface area contributed by atoms with E-state index in [2.05, 4.69) is 9.88 Å². The number of amides is 1. The molecule has 0 bridgehead atoms. The molecule has 0 unspecified atom stereocenters. The maximum absolute atomic E-state index is 13.0. The van der Waals surface area contributed by atoms with Gasteiger partial charge in [0.2, 0.25) is 0 Å². The highest BCUT2D eigenvalue weighted by atomic mass is 16.5. The van der Waals surface area contributed by atoms with Crippen molar-refractivity contribution in [1.29, 1.82) is 0 Å². The van der Waals surface area contributed by atoms with E-state index in [-0.39, 0.29) is 18.1 Å². The fraction of sp³-hybridized carbons (Fsp3) is 0.667. The summed E-state index contributed by atoms with van der Waals surface area (Å²) in [5.74, 6) is 0.0162. The quantitative estimate of drug-likeness (QED) is 0.817. The number of carbonyl (C=O) groups excluding carboxylic acids is 1. The standard InChI is InChI=1S/C18H28N4O2/c1-20(2)14-6-7-19-17(11-14)18(23)22-13-16(24-3)10-15(22)12-21-8-4-5-9-21/h6-7,11,15-16H,4-5,8-10,12-13H2,1-3H3/t15-,16-/m0/s1. The Morgan fingerprint density at radius 2 is 2.12 bits per heavy atom. The third-order valence-electron chi connectivity index (χ3n) is 5.12. The summed E-state index contributed by atoms with van der Waals surface area (Å²) in [7, 11) is 5.67. The summed E-state index contributed by atoms with van der Waals surface area (Å²) in [4.78, 5) is 23.8. The van der Waals surface area contributed by atoms with Gasteiger partial charge in [0.15, 0.2) is 0 Å². The van der Waals surface area contributed by atoms with Crippen LogP contribution in [0.4, 0.5) is 5.69 Å². The fourth-order valence-corrected chi connectivity index (χ4v) is 3.69. The van der Waals surface area contributed by atoms with Crippen LogP contribution >= 0.6 is 0 Å². The SMILES string of the molecule is CO[C@H]1C[C@@H](CN2CCCC2)N(C(=O)c2cc(N(C)C)ccn2)C1. The van der Waals surface area contributed by atoms with Crippen molar-refractivity contribution in [1.82, 2.24) is 14.8 Å². The zero-order chi connectivity index (χ0) is 17.1. The van der Waals surface area contributed by atoms with Crippen LogP contribution in [-0.4, -0.2) is 80.2 Å². The first-order valence-corrected chi connectivity index (χ1v) is 8.78. The molecule has 2 saturated heterocycles. The number of ether oxygens (including phenoxy) is 1. The van der Waals surface area contributed by atoms with Crippen LogP contribution in [0, 0.1) is 0 Å². The Bertz CT molecular complexity index is 572. The maximum Gasteiger partial charge on any atom is 0.272 e. The lowest BCUT2D eigenvalue weighted by Gasteiger charge is -2.28. The molecule has 0 N–H and O–H groups in total. The van der Waals surface area contributed by atoms with Crippen LogP contribution < -0.4 is 4.90 Å². The molecule has 2 atom stereocenters. The summed E-state index contributed by atoms with van der Waals surface area (Å²) in [6, 6.07) is 4.00. The molecule has 1 aromatic rings. The highest BCUT2D eigenvalue weighted by molar-refractivity contribution is 5.93. The van der Waals surface area contributed by atoms with Crippen LogP contribution in [0.3, 0.4) is 0 Å². The van der Waals surface area contributed by atoms with Crippen molar-refractivity contribution in [2.45, 2.75) is 31.4 Å². The highest BCUT2D eigenvalue weighted by Gasteiger charge is 2.37.